The minimum absolute atomic E-state index is 0.0920. The summed E-state index contributed by atoms with van der Waals surface area (Å²) in [6.07, 6.45) is 0.708. The summed E-state index contributed by atoms with van der Waals surface area (Å²) in [7, 11) is 3.25. The van der Waals surface area contributed by atoms with Gasteiger partial charge in [-0.1, -0.05) is 36.4 Å². The van der Waals surface area contributed by atoms with E-state index in [0.29, 0.717) is 34.7 Å². The summed E-state index contributed by atoms with van der Waals surface area (Å²) >= 11 is 3.15. The second-order valence-corrected chi connectivity index (χ2v) is 11.5. The molecule has 2 amide bonds. The molecule has 0 saturated heterocycles. The monoisotopic (exact) mass is 592 g/mol. The zero-order chi connectivity index (χ0) is 28.8. The summed E-state index contributed by atoms with van der Waals surface area (Å²) in [5.74, 6) is 0.679. The molecule has 42 heavy (non-hydrogen) atoms. The maximum Gasteiger partial charge on any atom is 0.266 e. The van der Waals surface area contributed by atoms with Crippen LogP contribution in [0.1, 0.15) is 43.6 Å². The smallest absolute Gasteiger partial charge is 0.266 e. The Labute approximate surface area is 250 Å². The number of ether oxygens (including phenoxy) is 2. The highest BCUT2D eigenvalue weighted by molar-refractivity contribution is 7.14. The van der Waals surface area contributed by atoms with E-state index in [-0.39, 0.29) is 17.9 Å². The van der Waals surface area contributed by atoms with Crippen LogP contribution in [0.4, 0.5) is 10.8 Å². The summed E-state index contributed by atoms with van der Waals surface area (Å²) in [5.41, 5.74) is 4.91. The lowest BCUT2D eigenvalue weighted by Crippen LogP contribution is -2.29. The van der Waals surface area contributed by atoms with Crippen molar-refractivity contribution in [2.24, 2.45) is 5.10 Å². The van der Waals surface area contributed by atoms with Crippen LogP contribution in [0.2, 0.25) is 0 Å². The zero-order valence-corrected chi connectivity index (χ0v) is 24.3. The van der Waals surface area contributed by atoms with E-state index in [4.69, 9.17) is 19.6 Å². The Morgan fingerprint density at radius 3 is 2.33 bits per heavy atom. The third kappa shape index (κ3) is 4.36. The number of imide groups is 1. The third-order valence-corrected chi connectivity index (χ3v) is 9.14. The van der Waals surface area contributed by atoms with Gasteiger partial charge in [-0.05, 0) is 53.4 Å². The highest BCUT2D eigenvalue weighted by Gasteiger charge is 2.37. The highest BCUT2D eigenvalue weighted by atomic mass is 32.1. The first-order valence-corrected chi connectivity index (χ1v) is 15.0. The predicted molar refractivity (Wildman–Crippen MR) is 165 cm³/mol. The number of hydrogen-bond donors (Lipinski definition) is 0. The van der Waals surface area contributed by atoms with Crippen LogP contribution in [-0.4, -0.2) is 36.7 Å². The van der Waals surface area contributed by atoms with Gasteiger partial charge in [0.15, 0.2) is 11.5 Å². The molecule has 3 aromatic carbocycles. The molecule has 0 bridgehead atoms. The topological polar surface area (TPSA) is 84.3 Å². The molecule has 7 rings (SSSR count). The molecule has 0 fully saturated rings. The number of carbonyl (C=O) groups is 2. The van der Waals surface area contributed by atoms with E-state index in [1.54, 1.807) is 55.9 Å². The van der Waals surface area contributed by atoms with Gasteiger partial charge in [-0.3, -0.25) is 9.59 Å². The van der Waals surface area contributed by atoms with E-state index < -0.39 is 0 Å². The van der Waals surface area contributed by atoms with E-state index >= 15 is 0 Å². The molecule has 0 N–H and O–H groups in total. The van der Waals surface area contributed by atoms with Gasteiger partial charge in [0, 0.05) is 17.4 Å². The molecule has 5 aromatic rings. The Hall–Kier alpha value is -4.80. The molecule has 2 aliphatic rings. The number of rotatable bonds is 7. The van der Waals surface area contributed by atoms with Crippen molar-refractivity contribution >= 4 is 51.0 Å². The van der Waals surface area contributed by atoms with Crippen LogP contribution in [0.25, 0.3) is 11.3 Å². The lowest BCUT2D eigenvalue weighted by Gasteiger charge is -2.22. The summed E-state index contributed by atoms with van der Waals surface area (Å²) in [4.78, 5) is 33.5. The van der Waals surface area contributed by atoms with E-state index in [1.807, 2.05) is 52.9 Å². The number of hydrogen-bond acceptors (Lipinski definition) is 9. The molecule has 4 heterocycles. The second-order valence-electron chi connectivity index (χ2n) is 9.76. The molecule has 1 atom stereocenters. The molecule has 0 aliphatic carbocycles. The molecule has 2 aromatic heterocycles. The molecule has 0 radical (unpaired) electrons. The highest BCUT2D eigenvalue weighted by Crippen LogP contribution is 2.42. The molecule has 2 aliphatic heterocycles. The van der Waals surface area contributed by atoms with Crippen LogP contribution in [0.3, 0.4) is 0 Å². The maximum absolute atomic E-state index is 13.1. The Morgan fingerprint density at radius 1 is 0.833 bits per heavy atom. The second kappa shape index (κ2) is 10.6. The number of benzene rings is 3. The summed E-state index contributed by atoms with van der Waals surface area (Å²) < 4.78 is 11.0. The minimum Gasteiger partial charge on any atom is -0.493 e. The number of nitrogens with zero attached hydrogens (tertiary/aromatic N) is 4. The number of thiophene rings is 1. The molecule has 0 unspecified atom stereocenters. The third-order valence-electron chi connectivity index (χ3n) is 7.39. The fourth-order valence-corrected chi connectivity index (χ4v) is 6.88. The first kappa shape index (κ1) is 26.1. The van der Waals surface area contributed by atoms with Gasteiger partial charge >= 0.3 is 0 Å². The average Bonchev–Trinajstić information content (AvgIpc) is 3.84. The van der Waals surface area contributed by atoms with Crippen molar-refractivity contribution < 1.29 is 19.1 Å². The molecule has 8 nitrogen and oxygen atoms in total. The average molecular weight is 593 g/mol. The summed E-state index contributed by atoms with van der Waals surface area (Å²) in [6.45, 7) is 0. The fraction of sp³-hybridized carbons (Fsp3) is 0.125. The minimum atomic E-state index is -0.322. The standard InChI is InChI=1S/C32H24N4O4S2/c1-39-27-13-12-20(16-28(27)40-2)26-17-24(29-11-6-14-41-29)34-36(26)32-33-25(18-42-32)19-7-5-8-21(15-19)35-30(37)22-9-3-4-10-23(22)31(35)38/h3-16,18,26H,17H2,1-2H3/t26-/m1/s1. The normalized spacial score (nSPS) is 16.1. The number of thiazole rings is 1. The van der Waals surface area contributed by atoms with Crippen molar-refractivity contribution in [1.29, 1.82) is 0 Å². The van der Waals surface area contributed by atoms with Gasteiger partial charge in [-0.15, -0.1) is 22.7 Å². The van der Waals surface area contributed by atoms with Crippen LogP contribution >= 0.6 is 22.7 Å². The Morgan fingerprint density at radius 2 is 1.62 bits per heavy atom. The van der Waals surface area contributed by atoms with Crippen molar-refractivity contribution in [2.45, 2.75) is 12.5 Å². The van der Waals surface area contributed by atoms with Crippen LogP contribution in [0.15, 0.2) is 94.7 Å². The quantitative estimate of drug-likeness (QED) is 0.189. The lowest BCUT2D eigenvalue weighted by molar-refractivity contribution is 0.0926. The van der Waals surface area contributed by atoms with Gasteiger partial charge in [-0.2, -0.15) is 5.10 Å². The molecule has 0 saturated carbocycles. The van der Waals surface area contributed by atoms with Crippen LogP contribution in [0.5, 0.6) is 11.5 Å². The number of amides is 2. The zero-order valence-electron chi connectivity index (χ0n) is 22.7. The van der Waals surface area contributed by atoms with Gasteiger partial charge < -0.3 is 9.47 Å². The number of hydrazone groups is 1. The van der Waals surface area contributed by atoms with E-state index in [2.05, 4.69) is 11.4 Å². The van der Waals surface area contributed by atoms with Crippen LogP contribution < -0.4 is 19.4 Å². The van der Waals surface area contributed by atoms with Crippen molar-refractivity contribution in [1.82, 2.24) is 4.98 Å². The van der Waals surface area contributed by atoms with E-state index in [0.717, 1.165) is 32.5 Å². The molecular formula is C32H24N4O4S2. The van der Waals surface area contributed by atoms with Crippen molar-refractivity contribution in [3.8, 4) is 22.8 Å². The number of anilines is 2. The van der Waals surface area contributed by atoms with Gasteiger partial charge in [0.1, 0.15) is 0 Å². The number of carbonyl (C=O) groups excluding carboxylic acids is 2. The van der Waals surface area contributed by atoms with Crippen molar-refractivity contribution in [3.05, 3.63) is 111 Å². The first-order chi connectivity index (χ1) is 20.6. The lowest BCUT2D eigenvalue weighted by atomic mass is 10.0. The van der Waals surface area contributed by atoms with Crippen LogP contribution in [-0.2, 0) is 0 Å². The Bertz CT molecular complexity index is 1830. The van der Waals surface area contributed by atoms with E-state index in [1.165, 1.54) is 16.2 Å². The van der Waals surface area contributed by atoms with Crippen molar-refractivity contribution in [2.75, 3.05) is 24.1 Å². The molecular weight excluding hydrogens is 569 g/mol. The molecule has 0 spiro atoms. The Kier molecular flexibility index (Phi) is 6.56. The largest absolute Gasteiger partial charge is 0.493 e. The number of fused-ring (bicyclic) bond motifs is 1. The summed E-state index contributed by atoms with van der Waals surface area (Å²) in [6, 6.07) is 24.2. The Balaban J connectivity index is 1.23. The SMILES string of the molecule is COc1ccc([C@H]2CC(c3cccs3)=NN2c2nc(-c3cccc(N4C(=O)c5ccccc5C4=O)c3)cs2)cc1OC. The number of aromatic nitrogens is 1. The first-order valence-electron chi connectivity index (χ1n) is 13.2. The van der Waals surface area contributed by atoms with Gasteiger partial charge in [0.25, 0.3) is 11.8 Å². The van der Waals surface area contributed by atoms with Gasteiger partial charge in [-0.25, -0.2) is 14.9 Å². The maximum atomic E-state index is 13.1. The van der Waals surface area contributed by atoms with Gasteiger partial charge in [0.2, 0.25) is 5.13 Å². The summed E-state index contributed by atoms with van der Waals surface area (Å²) in [5, 5.41) is 11.8. The number of methoxy groups -OCH3 is 2. The predicted octanol–water partition coefficient (Wildman–Crippen LogP) is 7.05. The fourth-order valence-electron chi connectivity index (χ4n) is 5.33. The van der Waals surface area contributed by atoms with E-state index in [9.17, 15) is 9.59 Å². The molecule has 208 valence electrons. The molecule has 10 heteroatoms. The van der Waals surface area contributed by atoms with Gasteiger partial charge in [0.05, 0.1) is 53.4 Å². The van der Waals surface area contributed by atoms with Crippen LogP contribution in [0, 0.1) is 0 Å². The van der Waals surface area contributed by atoms with Crippen molar-refractivity contribution in [3.63, 3.8) is 0 Å².